The second kappa shape index (κ2) is 5.70. The van der Waals surface area contributed by atoms with Gasteiger partial charge in [0.15, 0.2) is 11.5 Å². The van der Waals surface area contributed by atoms with Gasteiger partial charge in [0.2, 0.25) is 0 Å². The number of rotatable bonds is 3. The summed E-state index contributed by atoms with van der Waals surface area (Å²) in [5.74, 6) is 0.405. The summed E-state index contributed by atoms with van der Waals surface area (Å²) in [5.41, 5.74) is 1.57. The third-order valence-corrected chi connectivity index (χ3v) is 3.30. The average Bonchev–Trinajstić information content (AvgIpc) is 2.53. The maximum absolute atomic E-state index is 11.0. The monoisotopic (exact) mass is 284 g/mol. The van der Waals surface area contributed by atoms with Crippen LogP contribution in [-0.4, -0.2) is 24.3 Å². The van der Waals surface area contributed by atoms with Crippen LogP contribution in [0.15, 0.2) is 6.07 Å². The van der Waals surface area contributed by atoms with Crippen molar-refractivity contribution in [1.82, 2.24) is 0 Å². The van der Waals surface area contributed by atoms with Gasteiger partial charge in [-0.25, -0.2) is 0 Å². The van der Waals surface area contributed by atoms with Crippen LogP contribution in [0, 0.1) is 0 Å². The van der Waals surface area contributed by atoms with E-state index in [-0.39, 0.29) is 12.3 Å². The van der Waals surface area contributed by atoms with Gasteiger partial charge in [0.05, 0.1) is 24.7 Å². The fraction of sp³-hybridized carbons (Fsp3) is 0.500. The topological polar surface area (TPSA) is 55.8 Å². The van der Waals surface area contributed by atoms with Crippen LogP contribution in [0.4, 0.5) is 0 Å². The van der Waals surface area contributed by atoms with Crippen LogP contribution in [-0.2, 0) is 11.2 Å². The molecule has 0 amide bonds. The van der Waals surface area contributed by atoms with E-state index in [9.17, 15) is 4.79 Å². The van der Waals surface area contributed by atoms with Gasteiger partial charge in [0.25, 0.3) is 0 Å². The molecule has 0 saturated heterocycles. The molecule has 1 aliphatic heterocycles. The van der Waals surface area contributed by atoms with Crippen LogP contribution in [0.25, 0.3) is 0 Å². The minimum absolute atomic E-state index is 0.0656. The minimum Gasteiger partial charge on any atom is -0.489 e. The number of halogens is 1. The second-order valence-corrected chi connectivity index (χ2v) is 5.27. The minimum atomic E-state index is -0.882. The molecule has 0 fully saturated rings. The van der Waals surface area contributed by atoms with Crippen molar-refractivity contribution in [2.24, 2.45) is 0 Å². The molecule has 0 aromatic heterocycles. The molecular formula is C14H17ClO4. The normalized spacial score (nSPS) is 14.3. The van der Waals surface area contributed by atoms with Crippen LogP contribution in [0.3, 0.4) is 0 Å². The summed E-state index contributed by atoms with van der Waals surface area (Å²) in [4.78, 5) is 11.0. The molecule has 0 unspecified atom stereocenters. The largest absolute Gasteiger partial charge is 0.489 e. The lowest BCUT2D eigenvalue weighted by atomic mass is 9.93. The number of aliphatic carboxylic acids is 1. The van der Waals surface area contributed by atoms with Gasteiger partial charge in [-0.2, -0.15) is 0 Å². The molecule has 0 spiro atoms. The predicted molar refractivity (Wildman–Crippen MR) is 72.5 cm³/mol. The first-order valence-electron chi connectivity index (χ1n) is 6.33. The van der Waals surface area contributed by atoms with Gasteiger partial charge in [0.1, 0.15) is 0 Å². The van der Waals surface area contributed by atoms with E-state index in [0.717, 1.165) is 12.0 Å². The lowest BCUT2D eigenvalue weighted by molar-refractivity contribution is -0.136. The lowest BCUT2D eigenvalue weighted by Gasteiger charge is -2.20. The smallest absolute Gasteiger partial charge is 0.307 e. The molecule has 0 atom stereocenters. The number of hydrogen-bond acceptors (Lipinski definition) is 3. The fourth-order valence-corrected chi connectivity index (χ4v) is 2.57. The number of carboxylic acids is 1. The highest BCUT2D eigenvalue weighted by molar-refractivity contribution is 6.32. The van der Waals surface area contributed by atoms with Crippen LogP contribution in [0.5, 0.6) is 11.5 Å². The standard InChI is InChI=1S/C14H17ClO4/c1-8(2)12-9(7-11(16)17)6-10(15)13-14(12)19-5-3-4-18-13/h6,8H,3-5,7H2,1-2H3,(H,16,17). The Morgan fingerprint density at radius 3 is 2.58 bits per heavy atom. The Kier molecular flexibility index (Phi) is 4.20. The lowest BCUT2D eigenvalue weighted by Crippen LogP contribution is -2.08. The number of hydrogen-bond donors (Lipinski definition) is 1. The summed E-state index contributed by atoms with van der Waals surface area (Å²) in [5, 5.41) is 9.42. The van der Waals surface area contributed by atoms with Crippen molar-refractivity contribution in [3.63, 3.8) is 0 Å². The molecule has 0 saturated carbocycles. The number of carboxylic acid groups (broad SMARTS) is 1. The molecule has 0 aliphatic carbocycles. The zero-order valence-corrected chi connectivity index (χ0v) is 11.8. The quantitative estimate of drug-likeness (QED) is 0.926. The highest BCUT2D eigenvalue weighted by atomic mass is 35.5. The van der Waals surface area contributed by atoms with Gasteiger partial charge in [-0.15, -0.1) is 0 Å². The van der Waals surface area contributed by atoms with Crippen LogP contribution < -0.4 is 9.47 Å². The van der Waals surface area contributed by atoms with E-state index in [1.54, 1.807) is 6.07 Å². The number of fused-ring (bicyclic) bond motifs is 1. The van der Waals surface area contributed by atoms with E-state index in [1.165, 1.54) is 0 Å². The van der Waals surface area contributed by atoms with E-state index in [4.69, 9.17) is 26.2 Å². The Morgan fingerprint density at radius 1 is 1.37 bits per heavy atom. The molecular weight excluding hydrogens is 268 g/mol. The summed E-state index contributed by atoms with van der Waals surface area (Å²) in [6, 6.07) is 1.68. The molecule has 1 aromatic carbocycles. The Morgan fingerprint density at radius 2 is 2.00 bits per heavy atom. The summed E-state index contributed by atoms with van der Waals surface area (Å²) in [6.45, 7) is 5.12. The summed E-state index contributed by atoms with van der Waals surface area (Å²) in [6.07, 6.45) is 0.723. The van der Waals surface area contributed by atoms with Gasteiger partial charge in [0, 0.05) is 12.0 Å². The van der Waals surface area contributed by atoms with E-state index < -0.39 is 5.97 Å². The third kappa shape index (κ3) is 2.95. The summed E-state index contributed by atoms with van der Waals surface area (Å²) in [7, 11) is 0. The summed E-state index contributed by atoms with van der Waals surface area (Å²) < 4.78 is 11.4. The van der Waals surface area contributed by atoms with Gasteiger partial charge in [-0.05, 0) is 17.5 Å². The molecule has 104 valence electrons. The van der Waals surface area contributed by atoms with Crippen molar-refractivity contribution in [3.8, 4) is 11.5 Å². The van der Waals surface area contributed by atoms with Crippen molar-refractivity contribution in [1.29, 1.82) is 0 Å². The van der Waals surface area contributed by atoms with E-state index in [2.05, 4.69) is 0 Å². The first-order chi connectivity index (χ1) is 9.00. The third-order valence-electron chi connectivity index (χ3n) is 3.02. The maximum Gasteiger partial charge on any atom is 0.307 e. The van der Waals surface area contributed by atoms with Gasteiger partial charge < -0.3 is 14.6 Å². The number of benzene rings is 1. The van der Waals surface area contributed by atoms with Crippen LogP contribution >= 0.6 is 11.6 Å². The Balaban J connectivity index is 2.59. The second-order valence-electron chi connectivity index (χ2n) is 4.87. The Hall–Kier alpha value is -1.42. The fourth-order valence-electron chi connectivity index (χ4n) is 2.30. The highest BCUT2D eigenvalue weighted by Crippen LogP contribution is 2.44. The van der Waals surface area contributed by atoms with Crippen LogP contribution in [0.2, 0.25) is 5.02 Å². The molecule has 1 heterocycles. The molecule has 19 heavy (non-hydrogen) atoms. The molecule has 4 nitrogen and oxygen atoms in total. The predicted octanol–water partition coefficient (Wildman–Crippen LogP) is 3.25. The molecule has 1 N–H and O–H groups in total. The average molecular weight is 285 g/mol. The zero-order valence-electron chi connectivity index (χ0n) is 11.0. The maximum atomic E-state index is 11.0. The van der Waals surface area contributed by atoms with E-state index >= 15 is 0 Å². The molecule has 0 bridgehead atoms. The van der Waals surface area contributed by atoms with Crippen molar-refractivity contribution in [2.45, 2.75) is 32.6 Å². The Bertz CT molecular complexity index is 497. The zero-order chi connectivity index (χ0) is 14.0. The Labute approximate surface area is 117 Å². The molecule has 1 aromatic rings. The first-order valence-corrected chi connectivity index (χ1v) is 6.71. The first kappa shape index (κ1) is 14.0. The highest BCUT2D eigenvalue weighted by Gasteiger charge is 2.24. The molecule has 5 heteroatoms. The van der Waals surface area contributed by atoms with Crippen molar-refractivity contribution in [2.75, 3.05) is 13.2 Å². The van der Waals surface area contributed by atoms with Crippen molar-refractivity contribution in [3.05, 3.63) is 22.2 Å². The SMILES string of the molecule is CC(C)c1c(CC(=O)O)cc(Cl)c2c1OCCCO2. The number of ether oxygens (including phenoxy) is 2. The van der Waals surface area contributed by atoms with E-state index in [1.807, 2.05) is 13.8 Å². The van der Waals surface area contributed by atoms with Crippen molar-refractivity contribution < 1.29 is 19.4 Å². The van der Waals surface area contributed by atoms with Gasteiger partial charge >= 0.3 is 5.97 Å². The number of carbonyl (C=O) groups is 1. The van der Waals surface area contributed by atoms with E-state index in [0.29, 0.717) is 35.3 Å². The van der Waals surface area contributed by atoms with Crippen LogP contribution in [0.1, 0.15) is 37.3 Å². The summed E-state index contributed by atoms with van der Waals surface area (Å²) >= 11 is 6.18. The van der Waals surface area contributed by atoms with Gasteiger partial charge in [-0.3, -0.25) is 4.79 Å². The molecule has 2 rings (SSSR count). The van der Waals surface area contributed by atoms with Gasteiger partial charge in [-0.1, -0.05) is 25.4 Å². The van der Waals surface area contributed by atoms with Crippen molar-refractivity contribution >= 4 is 17.6 Å². The molecule has 0 radical (unpaired) electrons. The molecule has 1 aliphatic rings.